The summed E-state index contributed by atoms with van der Waals surface area (Å²) in [4.78, 5) is 26.6. The molecule has 1 aromatic carbocycles. The molecule has 2 N–H and O–H groups in total. The summed E-state index contributed by atoms with van der Waals surface area (Å²) in [6.07, 6.45) is 0. The SMILES string of the molecule is O=C(O)c1cccc(NC(=O)c2ccc(Br)cc2Cl)n1. The van der Waals surface area contributed by atoms with Gasteiger partial charge in [0.25, 0.3) is 5.91 Å². The van der Waals surface area contributed by atoms with Crippen molar-refractivity contribution >= 4 is 45.2 Å². The molecule has 0 spiro atoms. The highest BCUT2D eigenvalue weighted by atomic mass is 79.9. The zero-order valence-electron chi connectivity index (χ0n) is 9.93. The maximum atomic E-state index is 12.0. The van der Waals surface area contributed by atoms with Crippen molar-refractivity contribution < 1.29 is 14.7 Å². The number of hydrogen-bond acceptors (Lipinski definition) is 3. The van der Waals surface area contributed by atoms with E-state index in [0.29, 0.717) is 0 Å². The number of rotatable bonds is 3. The molecule has 20 heavy (non-hydrogen) atoms. The summed E-state index contributed by atoms with van der Waals surface area (Å²) in [6.45, 7) is 0. The number of nitrogens with zero attached hydrogens (tertiary/aromatic N) is 1. The summed E-state index contributed by atoms with van der Waals surface area (Å²) in [6, 6.07) is 9.17. The molecule has 1 aromatic heterocycles. The van der Waals surface area contributed by atoms with E-state index < -0.39 is 11.9 Å². The van der Waals surface area contributed by atoms with Crippen molar-refractivity contribution in [2.24, 2.45) is 0 Å². The minimum absolute atomic E-state index is 0.147. The number of halogens is 2. The van der Waals surface area contributed by atoms with Crippen LogP contribution in [0.1, 0.15) is 20.8 Å². The van der Waals surface area contributed by atoms with Crippen LogP contribution in [-0.4, -0.2) is 22.0 Å². The molecule has 2 aromatic rings. The zero-order chi connectivity index (χ0) is 14.7. The molecule has 102 valence electrons. The van der Waals surface area contributed by atoms with Gasteiger partial charge in [-0.25, -0.2) is 9.78 Å². The van der Waals surface area contributed by atoms with Crippen molar-refractivity contribution in [3.8, 4) is 0 Å². The van der Waals surface area contributed by atoms with Crippen LogP contribution in [-0.2, 0) is 0 Å². The van der Waals surface area contributed by atoms with Gasteiger partial charge in [-0.15, -0.1) is 0 Å². The number of carboxylic acids is 1. The number of nitrogens with one attached hydrogen (secondary N) is 1. The fourth-order valence-corrected chi connectivity index (χ4v) is 2.24. The predicted molar refractivity (Wildman–Crippen MR) is 78.3 cm³/mol. The highest BCUT2D eigenvalue weighted by Gasteiger charge is 2.12. The van der Waals surface area contributed by atoms with Crippen LogP contribution in [0.15, 0.2) is 40.9 Å². The smallest absolute Gasteiger partial charge is 0.354 e. The van der Waals surface area contributed by atoms with E-state index in [2.05, 4.69) is 26.2 Å². The van der Waals surface area contributed by atoms with E-state index in [-0.39, 0.29) is 22.1 Å². The summed E-state index contributed by atoms with van der Waals surface area (Å²) in [5.41, 5.74) is 0.127. The molecule has 0 fully saturated rings. The van der Waals surface area contributed by atoms with Crippen molar-refractivity contribution in [2.45, 2.75) is 0 Å². The first-order valence-electron chi connectivity index (χ1n) is 5.44. The third-order valence-electron chi connectivity index (χ3n) is 2.39. The Morgan fingerprint density at radius 2 is 2.00 bits per heavy atom. The molecule has 1 heterocycles. The maximum absolute atomic E-state index is 12.0. The van der Waals surface area contributed by atoms with Gasteiger partial charge in [0.15, 0.2) is 5.69 Å². The van der Waals surface area contributed by atoms with Gasteiger partial charge < -0.3 is 10.4 Å². The van der Waals surface area contributed by atoms with Crippen molar-refractivity contribution in [1.82, 2.24) is 4.98 Å². The van der Waals surface area contributed by atoms with Gasteiger partial charge in [0.1, 0.15) is 5.82 Å². The van der Waals surface area contributed by atoms with Crippen molar-refractivity contribution in [3.05, 3.63) is 57.2 Å². The average Bonchev–Trinajstić information content (AvgIpc) is 2.38. The van der Waals surface area contributed by atoms with Crippen LogP contribution in [0.5, 0.6) is 0 Å². The van der Waals surface area contributed by atoms with Gasteiger partial charge in [0, 0.05) is 4.47 Å². The molecule has 0 radical (unpaired) electrons. The molecule has 2 rings (SSSR count). The molecule has 0 saturated heterocycles. The normalized spacial score (nSPS) is 10.1. The van der Waals surface area contributed by atoms with Crippen LogP contribution < -0.4 is 5.32 Å². The Morgan fingerprint density at radius 1 is 1.25 bits per heavy atom. The van der Waals surface area contributed by atoms with E-state index in [1.807, 2.05) is 0 Å². The molecule has 0 atom stereocenters. The minimum atomic E-state index is -1.16. The number of benzene rings is 1. The molecule has 0 saturated carbocycles. The highest BCUT2D eigenvalue weighted by molar-refractivity contribution is 9.10. The molecule has 0 aliphatic heterocycles. The van der Waals surface area contributed by atoms with Crippen LogP contribution in [0.4, 0.5) is 5.82 Å². The van der Waals surface area contributed by atoms with E-state index in [4.69, 9.17) is 16.7 Å². The lowest BCUT2D eigenvalue weighted by molar-refractivity contribution is 0.0690. The van der Waals surface area contributed by atoms with E-state index in [1.165, 1.54) is 18.2 Å². The standard InChI is InChI=1S/C13H8BrClN2O3/c14-7-4-5-8(9(15)6-7)12(18)17-11-3-1-2-10(16-11)13(19)20/h1-6H,(H,19,20)(H,16,17,18). The number of carbonyl (C=O) groups is 2. The summed E-state index contributed by atoms with van der Waals surface area (Å²) in [5, 5.41) is 11.6. The third kappa shape index (κ3) is 3.34. The number of amides is 1. The van der Waals surface area contributed by atoms with Crippen molar-refractivity contribution in [3.63, 3.8) is 0 Å². The summed E-state index contributed by atoms with van der Waals surface area (Å²) >= 11 is 9.21. The van der Waals surface area contributed by atoms with Crippen LogP contribution in [0, 0.1) is 0 Å². The second kappa shape index (κ2) is 6.02. The molecule has 0 aliphatic carbocycles. The first kappa shape index (κ1) is 14.5. The summed E-state index contributed by atoms with van der Waals surface area (Å²) in [5.74, 6) is -1.48. The van der Waals surface area contributed by atoms with Crippen molar-refractivity contribution in [1.29, 1.82) is 0 Å². The van der Waals surface area contributed by atoms with E-state index in [9.17, 15) is 9.59 Å². The Bertz CT molecular complexity index is 691. The molecule has 1 amide bonds. The number of carboxylic acid groups (broad SMARTS) is 1. The van der Waals surface area contributed by atoms with Crippen LogP contribution in [0.25, 0.3) is 0 Å². The van der Waals surface area contributed by atoms with Crippen LogP contribution in [0.3, 0.4) is 0 Å². The van der Waals surface area contributed by atoms with Gasteiger partial charge >= 0.3 is 5.97 Å². The van der Waals surface area contributed by atoms with Crippen LogP contribution in [0.2, 0.25) is 5.02 Å². The highest BCUT2D eigenvalue weighted by Crippen LogP contribution is 2.22. The number of carbonyl (C=O) groups excluding carboxylic acids is 1. The Balaban J connectivity index is 2.23. The third-order valence-corrected chi connectivity index (χ3v) is 3.19. The molecule has 0 aliphatic rings. The Hall–Kier alpha value is -1.92. The lowest BCUT2D eigenvalue weighted by Gasteiger charge is -2.07. The van der Waals surface area contributed by atoms with E-state index >= 15 is 0 Å². The second-order valence-electron chi connectivity index (χ2n) is 3.79. The first-order chi connectivity index (χ1) is 9.47. The lowest BCUT2D eigenvalue weighted by atomic mass is 10.2. The fraction of sp³-hybridized carbons (Fsp3) is 0. The van der Waals surface area contributed by atoms with Gasteiger partial charge in [-0.1, -0.05) is 33.6 Å². The molecular weight excluding hydrogens is 348 g/mol. The first-order valence-corrected chi connectivity index (χ1v) is 6.61. The quantitative estimate of drug-likeness (QED) is 0.884. The Kier molecular flexibility index (Phi) is 4.36. The number of hydrogen-bond donors (Lipinski definition) is 2. The average molecular weight is 356 g/mol. The number of anilines is 1. The van der Waals surface area contributed by atoms with Crippen LogP contribution >= 0.6 is 27.5 Å². The summed E-state index contributed by atoms with van der Waals surface area (Å²) in [7, 11) is 0. The van der Waals surface area contributed by atoms with Gasteiger partial charge in [-0.05, 0) is 30.3 Å². The Labute approximate surface area is 127 Å². The maximum Gasteiger partial charge on any atom is 0.354 e. The number of aromatic nitrogens is 1. The topological polar surface area (TPSA) is 79.3 Å². The minimum Gasteiger partial charge on any atom is -0.477 e. The van der Waals surface area contributed by atoms with Gasteiger partial charge in [-0.3, -0.25) is 4.79 Å². The van der Waals surface area contributed by atoms with Gasteiger partial charge in [0.2, 0.25) is 0 Å². The molecule has 7 heteroatoms. The molecule has 0 unspecified atom stereocenters. The van der Waals surface area contributed by atoms with E-state index in [0.717, 1.165) is 4.47 Å². The number of aromatic carboxylic acids is 1. The lowest BCUT2D eigenvalue weighted by Crippen LogP contribution is -2.14. The van der Waals surface area contributed by atoms with Gasteiger partial charge in [0.05, 0.1) is 10.6 Å². The largest absolute Gasteiger partial charge is 0.477 e. The molecular formula is C13H8BrClN2O3. The van der Waals surface area contributed by atoms with E-state index in [1.54, 1.807) is 18.2 Å². The molecule has 0 bridgehead atoms. The summed E-state index contributed by atoms with van der Waals surface area (Å²) < 4.78 is 0.755. The fourth-order valence-electron chi connectivity index (χ4n) is 1.48. The van der Waals surface area contributed by atoms with Gasteiger partial charge in [-0.2, -0.15) is 0 Å². The zero-order valence-corrected chi connectivity index (χ0v) is 12.3. The van der Waals surface area contributed by atoms with Crippen molar-refractivity contribution in [2.75, 3.05) is 5.32 Å². The predicted octanol–water partition coefficient (Wildman–Crippen LogP) is 3.45. The number of pyridine rings is 1. The monoisotopic (exact) mass is 354 g/mol. The molecule has 5 nitrogen and oxygen atoms in total. The Morgan fingerprint density at radius 3 is 2.65 bits per heavy atom. The second-order valence-corrected chi connectivity index (χ2v) is 5.11.